The molecule has 120 valence electrons. The molecule has 0 saturated heterocycles. The van der Waals surface area contributed by atoms with E-state index in [0.717, 1.165) is 32.1 Å². The number of rotatable bonds is 5. The lowest BCUT2D eigenvalue weighted by Gasteiger charge is -2.41. The zero-order valence-corrected chi connectivity index (χ0v) is 13.2. The smallest absolute Gasteiger partial charge is 0.317 e. The number of carbonyl (C=O) groups is 2. The highest BCUT2D eigenvalue weighted by Gasteiger charge is 2.39. The maximum atomic E-state index is 12.3. The SMILES string of the molecule is CC1CCCC(N(C)C(=O)NCC2(CC(=O)O)CCC2)C1. The number of hydrogen-bond donors (Lipinski definition) is 2. The van der Waals surface area contributed by atoms with Crippen molar-refractivity contribution in [1.82, 2.24) is 10.2 Å². The summed E-state index contributed by atoms with van der Waals surface area (Å²) >= 11 is 0. The maximum absolute atomic E-state index is 12.3. The molecule has 0 aromatic rings. The third-order valence-electron chi connectivity index (χ3n) is 5.33. The predicted molar refractivity (Wildman–Crippen MR) is 81.1 cm³/mol. The van der Waals surface area contributed by atoms with Gasteiger partial charge in [-0.15, -0.1) is 0 Å². The van der Waals surface area contributed by atoms with E-state index in [2.05, 4.69) is 12.2 Å². The zero-order valence-electron chi connectivity index (χ0n) is 13.2. The van der Waals surface area contributed by atoms with Crippen LogP contribution in [0.4, 0.5) is 4.79 Å². The fraction of sp³-hybridized carbons (Fsp3) is 0.875. The number of urea groups is 1. The van der Waals surface area contributed by atoms with Gasteiger partial charge >= 0.3 is 12.0 Å². The highest BCUT2D eigenvalue weighted by Crippen LogP contribution is 2.43. The standard InChI is InChI=1S/C16H28N2O3/c1-12-5-3-6-13(9-12)18(2)15(21)17-11-16(7-4-8-16)10-14(19)20/h12-13H,3-11H2,1-2H3,(H,17,21)(H,19,20). The minimum Gasteiger partial charge on any atom is -0.481 e. The van der Waals surface area contributed by atoms with E-state index in [1.807, 2.05) is 11.9 Å². The van der Waals surface area contributed by atoms with Crippen LogP contribution in [-0.4, -0.2) is 41.6 Å². The summed E-state index contributed by atoms with van der Waals surface area (Å²) in [6, 6.07) is 0.274. The molecule has 2 rings (SSSR count). The molecule has 2 fully saturated rings. The molecule has 2 aliphatic rings. The van der Waals surface area contributed by atoms with Crippen molar-refractivity contribution >= 4 is 12.0 Å². The van der Waals surface area contributed by atoms with Gasteiger partial charge in [0.25, 0.3) is 0 Å². The molecule has 21 heavy (non-hydrogen) atoms. The Bertz CT molecular complexity index is 393. The lowest BCUT2D eigenvalue weighted by atomic mass is 9.66. The van der Waals surface area contributed by atoms with Crippen molar-refractivity contribution < 1.29 is 14.7 Å². The van der Waals surface area contributed by atoms with Crippen molar-refractivity contribution in [2.24, 2.45) is 11.3 Å². The molecule has 5 heteroatoms. The number of hydrogen-bond acceptors (Lipinski definition) is 2. The first-order chi connectivity index (χ1) is 9.92. The molecule has 0 radical (unpaired) electrons. The number of carbonyl (C=O) groups excluding carboxylic acids is 1. The fourth-order valence-corrected chi connectivity index (χ4v) is 3.72. The van der Waals surface area contributed by atoms with Crippen LogP contribution in [0.25, 0.3) is 0 Å². The van der Waals surface area contributed by atoms with Crippen molar-refractivity contribution in [2.45, 2.75) is 64.3 Å². The Balaban J connectivity index is 1.81. The summed E-state index contributed by atoms with van der Waals surface area (Å²) in [5.41, 5.74) is -0.206. The summed E-state index contributed by atoms with van der Waals surface area (Å²) in [6.45, 7) is 2.73. The molecule has 5 nitrogen and oxygen atoms in total. The van der Waals surface area contributed by atoms with Crippen LogP contribution < -0.4 is 5.32 Å². The number of aliphatic carboxylic acids is 1. The predicted octanol–water partition coefficient (Wildman–Crippen LogP) is 2.85. The van der Waals surface area contributed by atoms with Gasteiger partial charge in [-0.2, -0.15) is 0 Å². The lowest BCUT2D eigenvalue weighted by Crippen LogP contribution is -2.50. The van der Waals surface area contributed by atoms with Crippen molar-refractivity contribution in [3.63, 3.8) is 0 Å². The van der Waals surface area contributed by atoms with Crippen molar-refractivity contribution in [2.75, 3.05) is 13.6 Å². The Hall–Kier alpha value is -1.26. The zero-order chi connectivity index (χ0) is 15.5. The Morgan fingerprint density at radius 2 is 2.00 bits per heavy atom. The fourth-order valence-electron chi connectivity index (χ4n) is 3.72. The Labute approximate surface area is 127 Å². The van der Waals surface area contributed by atoms with Crippen LogP contribution in [0, 0.1) is 11.3 Å². The number of nitrogens with one attached hydrogen (secondary N) is 1. The number of carboxylic acid groups (broad SMARTS) is 1. The van der Waals surface area contributed by atoms with Gasteiger partial charge in [-0.25, -0.2) is 4.79 Å². The first-order valence-corrected chi connectivity index (χ1v) is 8.14. The average Bonchev–Trinajstić information content (AvgIpc) is 2.40. The van der Waals surface area contributed by atoms with Crippen molar-refractivity contribution in [3.05, 3.63) is 0 Å². The lowest BCUT2D eigenvalue weighted by molar-refractivity contribution is -0.141. The second kappa shape index (κ2) is 6.67. The molecule has 0 aromatic carbocycles. The molecule has 0 spiro atoms. The van der Waals surface area contributed by atoms with Gasteiger partial charge in [0.15, 0.2) is 0 Å². The van der Waals surface area contributed by atoms with Crippen LogP contribution in [-0.2, 0) is 4.79 Å². The molecule has 2 unspecified atom stereocenters. The largest absolute Gasteiger partial charge is 0.481 e. The van der Waals surface area contributed by atoms with Gasteiger partial charge in [-0.05, 0) is 37.0 Å². The number of carboxylic acids is 1. The molecular weight excluding hydrogens is 268 g/mol. The molecule has 0 aromatic heterocycles. The van der Waals surface area contributed by atoms with Gasteiger partial charge in [0.05, 0.1) is 6.42 Å². The van der Waals surface area contributed by atoms with Crippen LogP contribution in [0.5, 0.6) is 0 Å². The topological polar surface area (TPSA) is 69.6 Å². The highest BCUT2D eigenvalue weighted by molar-refractivity contribution is 5.74. The second-order valence-electron chi connectivity index (χ2n) is 7.12. The Morgan fingerprint density at radius 3 is 2.52 bits per heavy atom. The van der Waals surface area contributed by atoms with Crippen LogP contribution in [0.1, 0.15) is 58.3 Å². The number of amides is 2. The van der Waals surface area contributed by atoms with E-state index >= 15 is 0 Å². The van der Waals surface area contributed by atoms with E-state index in [9.17, 15) is 9.59 Å². The summed E-state index contributed by atoms with van der Waals surface area (Å²) < 4.78 is 0. The number of nitrogens with zero attached hydrogens (tertiary/aromatic N) is 1. The minimum absolute atomic E-state index is 0.0502. The third-order valence-corrected chi connectivity index (χ3v) is 5.33. The normalized spacial score (nSPS) is 27.5. The molecule has 2 aliphatic carbocycles. The summed E-state index contributed by atoms with van der Waals surface area (Å²) in [7, 11) is 1.86. The summed E-state index contributed by atoms with van der Waals surface area (Å²) in [5, 5.41) is 12.0. The minimum atomic E-state index is -0.765. The van der Waals surface area contributed by atoms with Gasteiger partial charge in [-0.1, -0.05) is 26.2 Å². The average molecular weight is 296 g/mol. The van der Waals surface area contributed by atoms with Gasteiger partial charge in [-0.3, -0.25) is 4.79 Å². The molecule has 2 saturated carbocycles. The molecule has 2 N–H and O–H groups in total. The third kappa shape index (κ3) is 4.11. The quantitative estimate of drug-likeness (QED) is 0.819. The summed E-state index contributed by atoms with van der Waals surface area (Å²) in [6.07, 6.45) is 7.64. The Morgan fingerprint density at radius 1 is 1.29 bits per heavy atom. The van der Waals surface area contributed by atoms with Crippen LogP contribution >= 0.6 is 0 Å². The Kier molecular flexibility index (Phi) is 5.12. The molecule has 0 bridgehead atoms. The van der Waals surface area contributed by atoms with Crippen molar-refractivity contribution in [1.29, 1.82) is 0 Å². The molecular formula is C16H28N2O3. The molecule has 0 aliphatic heterocycles. The first kappa shape index (κ1) is 16.1. The van der Waals surface area contributed by atoms with E-state index in [4.69, 9.17) is 5.11 Å². The van der Waals surface area contributed by atoms with Crippen LogP contribution in [0.3, 0.4) is 0 Å². The van der Waals surface area contributed by atoms with E-state index < -0.39 is 5.97 Å². The monoisotopic (exact) mass is 296 g/mol. The van der Waals surface area contributed by atoms with Gasteiger partial charge in [0, 0.05) is 19.6 Å². The van der Waals surface area contributed by atoms with E-state index in [1.165, 1.54) is 12.8 Å². The van der Waals surface area contributed by atoms with E-state index in [0.29, 0.717) is 18.5 Å². The van der Waals surface area contributed by atoms with E-state index in [1.54, 1.807) is 0 Å². The van der Waals surface area contributed by atoms with Gasteiger partial charge in [0.2, 0.25) is 0 Å². The summed E-state index contributed by atoms with van der Waals surface area (Å²) in [5.74, 6) is -0.0811. The van der Waals surface area contributed by atoms with E-state index in [-0.39, 0.29) is 17.9 Å². The first-order valence-electron chi connectivity index (χ1n) is 8.14. The highest BCUT2D eigenvalue weighted by atomic mass is 16.4. The molecule has 2 atom stereocenters. The maximum Gasteiger partial charge on any atom is 0.317 e. The van der Waals surface area contributed by atoms with Crippen LogP contribution in [0.15, 0.2) is 0 Å². The summed E-state index contributed by atoms with van der Waals surface area (Å²) in [4.78, 5) is 25.1. The van der Waals surface area contributed by atoms with Crippen LogP contribution in [0.2, 0.25) is 0 Å². The molecule has 2 amide bonds. The molecule has 0 heterocycles. The van der Waals surface area contributed by atoms with Gasteiger partial charge in [0.1, 0.15) is 0 Å². The van der Waals surface area contributed by atoms with Crippen molar-refractivity contribution in [3.8, 4) is 0 Å². The van der Waals surface area contributed by atoms with Gasteiger partial charge < -0.3 is 15.3 Å². The second-order valence-corrected chi connectivity index (χ2v) is 7.12.